The lowest BCUT2D eigenvalue weighted by Gasteiger charge is -2.52. The van der Waals surface area contributed by atoms with Crippen LogP contribution in [0, 0.1) is 22.0 Å². The summed E-state index contributed by atoms with van der Waals surface area (Å²) in [7, 11) is 0. The van der Waals surface area contributed by atoms with Gasteiger partial charge in [0, 0.05) is 24.3 Å². The highest BCUT2D eigenvalue weighted by Crippen LogP contribution is 2.63. The third kappa shape index (κ3) is 3.88. The number of anilines is 1. The van der Waals surface area contributed by atoms with Gasteiger partial charge in [0.15, 0.2) is 0 Å². The van der Waals surface area contributed by atoms with E-state index in [-0.39, 0.29) is 35.5 Å². The van der Waals surface area contributed by atoms with Gasteiger partial charge in [0.25, 0.3) is 5.69 Å². The minimum absolute atomic E-state index is 0.109. The van der Waals surface area contributed by atoms with Gasteiger partial charge in [-0.15, -0.1) is 0 Å². The zero-order valence-electron chi connectivity index (χ0n) is 24.4. The fourth-order valence-electron chi connectivity index (χ4n) is 7.89. The van der Waals surface area contributed by atoms with Gasteiger partial charge in [-0.2, -0.15) is 5.10 Å². The molecule has 46 heavy (non-hydrogen) atoms. The van der Waals surface area contributed by atoms with Crippen LogP contribution >= 0.6 is 0 Å². The molecule has 5 aromatic carbocycles. The van der Waals surface area contributed by atoms with Crippen LogP contribution in [-0.4, -0.2) is 28.9 Å². The first-order valence-electron chi connectivity index (χ1n) is 15.0. The van der Waals surface area contributed by atoms with Gasteiger partial charge in [0.2, 0.25) is 17.7 Å². The van der Waals surface area contributed by atoms with Crippen molar-refractivity contribution in [1.82, 2.24) is 5.43 Å². The summed E-state index contributed by atoms with van der Waals surface area (Å²) in [6.45, 7) is 0. The first kappa shape index (κ1) is 27.6. The van der Waals surface area contributed by atoms with Gasteiger partial charge >= 0.3 is 0 Å². The second-order valence-corrected chi connectivity index (χ2v) is 11.9. The number of carbonyl (C=O) groups is 3. The SMILES string of the molecule is O=C(Cc1cccc2ccccc12)N/N=C\C12c3ccccc3C(c3ccccc31)[C@@H]1C(=O)N(c3ccc([N+](=O)[O-])cc3)C(=O)[C@@H]12. The minimum atomic E-state index is -1.15. The molecule has 0 radical (unpaired) electrons. The van der Waals surface area contributed by atoms with E-state index < -0.39 is 28.1 Å². The number of carbonyl (C=O) groups excluding carboxylic acids is 3. The Morgan fingerprint density at radius 1 is 0.826 bits per heavy atom. The highest BCUT2D eigenvalue weighted by atomic mass is 16.6. The average Bonchev–Trinajstić information content (AvgIpc) is 3.35. The van der Waals surface area contributed by atoms with Crippen LogP contribution in [0.3, 0.4) is 0 Å². The quantitative estimate of drug-likeness (QED) is 0.116. The van der Waals surface area contributed by atoms with Crippen molar-refractivity contribution < 1.29 is 19.3 Å². The van der Waals surface area contributed by atoms with E-state index in [0.29, 0.717) is 0 Å². The van der Waals surface area contributed by atoms with Crippen molar-refractivity contribution in [1.29, 1.82) is 0 Å². The lowest BCUT2D eigenvalue weighted by molar-refractivity contribution is -0.384. The molecule has 1 aliphatic heterocycles. The molecule has 0 saturated carbocycles. The Labute approximate surface area is 263 Å². The number of fused-ring (bicyclic) bond motifs is 1. The fourth-order valence-corrected chi connectivity index (χ4v) is 7.89. The second kappa shape index (κ2) is 10.3. The molecule has 1 N–H and O–H groups in total. The first-order valence-corrected chi connectivity index (χ1v) is 15.0. The lowest BCUT2D eigenvalue weighted by Crippen LogP contribution is -2.54. The zero-order chi connectivity index (χ0) is 31.6. The Morgan fingerprint density at radius 2 is 1.46 bits per heavy atom. The Balaban J connectivity index is 1.21. The fraction of sp³-hybridized carbons (Fsp3) is 0.135. The van der Waals surface area contributed by atoms with Gasteiger partial charge in [-0.25, -0.2) is 10.3 Å². The minimum Gasteiger partial charge on any atom is -0.274 e. The predicted octanol–water partition coefficient (Wildman–Crippen LogP) is 5.64. The number of hydrogen-bond acceptors (Lipinski definition) is 6. The molecule has 0 aromatic heterocycles. The maximum atomic E-state index is 14.5. The highest BCUT2D eigenvalue weighted by Gasteiger charge is 2.68. The van der Waals surface area contributed by atoms with E-state index in [2.05, 4.69) is 10.5 Å². The molecule has 0 spiro atoms. The molecular formula is C37H26N4O5. The monoisotopic (exact) mass is 606 g/mol. The van der Waals surface area contributed by atoms with Crippen LogP contribution in [0.5, 0.6) is 0 Å². The van der Waals surface area contributed by atoms with E-state index in [1.165, 1.54) is 24.3 Å². The number of benzene rings is 5. The maximum Gasteiger partial charge on any atom is 0.269 e. The number of hydrazone groups is 1. The van der Waals surface area contributed by atoms with Crippen molar-refractivity contribution in [2.75, 3.05) is 4.90 Å². The van der Waals surface area contributed by atoms with Crippen LogP contribution in [0.1, 0.15) is 33.7 Å². The highest BCUT2D eigenvalue weighted by molar-refractivity contribution is 6.25. The molecule has 9 heteroatoms. The molecule has 2 atom stereocenters. The summed E-state index contributed by atoms with van der Waals surface area (Å²) in [5.41, 5.74) is 6.15. The molecule has 1 saturated heterocycles. The van der Waals surface area contributed by atoms with Crippen molar-refractivity contribution in [3.8, 4) is 0 Å². The summed E-state index contributed by atoms with van der Waals surface area (Å²) in [4.78, 5) is 53.9. The number of nitro groups is 1. The van der Waals surface area contributed by atoms with Gasteiger partial charge in [0.1, 0.15) is 0 Å². The van der Waals surface area contributed by atoms with Gasteiger partial charge in [-0.05, 0) is 50.7 Å². The molecule has 3 amide bonds. The number of nitro benzene ring substituents is 1. The third-order valence-electron chi connectivity index (χ3n) is 9.69. The van der Waals surface area contributed by atoms with Crippen molar-refractivity contribution in [2.45, 2.75) is 17.8 Å². The Morgan fingerprint density at radius 3 is 2.15 bits per heavy atom. The second-order valence-electron chi connectivity index (χ2n) is 11.9. The Bertz CT molecular complexity index is 2090. The van der Waals surface area contributed by atoms with Gasteiger partial charge in [0.05, 0.1) is 34.3 Å². The number of imide groups is 1. The van der Waals surface area contributed by atoms with Crippen molar-refractivity contribution in [3.63, 3.8) is 0 Å². The largest absolute Gasteiger partial charge is 0.274 e. The van der Waals surface area contributed by atoms with Crippen LogP contribution in [0.2, 0.25) is 0 Å². The summed E-state index contributed by atoms with van der Waals surface area (Å²) in [5, 5.41) is 17.8. The summed E-state index contributed by atoms with van der Waals surface area (Å²) in [6.07, 6.45) is 1.74. The average molecular weight is 607 g/mol. The van der Waals surface area contributed by atoms with Gasteiger partial charge in [-0.3, -0.25) is 24.5 Å². The number of nitrogens with one attached hydrogen (secondary N) is 1. The Kier molecular flexibility index (Phi) is 6.18. The van der Waals surface area contributed by atoms with Crippen LogP contribution in [-0.2, 0) is 26.2 Å². The standard InChI is InChI=1S/C37H26N4O5/c42-31(20-23-10-7-9-22-8-1-2-11-26(22)23)39-38-21-37-29-14-5-3-12-27(29)32(28-13-4-6-15-30(28)37)33-34(37)36(44)40(35(33)43)24-16-18-25(19-17-24)41(45)46/h1-19,21,32-34H,20H2,(H,39,42)/b38-21-/t32?,33-,34+,37?/m0/s1. The predicted molar refractivity (Wildman–Crippen MR) is 172 cm³/mol. The number of hydrogen-bond donors (Lipinski definition) is 1. The molecular weight excluding hydrogens is 580 g/mol. The molecule has 4 aliphatic rings. The van der Waals surface area contributed by atoms with E-state index in [0.717, 1.165) is 43.5 Å². The van der Waals surface area contributed by atoms with E-state index in [1.54, 1.807) is 6.21 Å². The molecule has 224 valence electrons. The van der Waals surface area contributed by atoms with E-state index in [4.69, 9.17) is 0 Å². The van der Waals surface area contributed by atoms with Crippen LogP contribution in [0.25, 0.3) is 10.8 Å². The Hall–Kier alpha value is -5.96. The molecule has 9 rings (SSSR count). The van der Waals surface area contributed by atoms with Crippen molar-refractivity contribution in [3.05, 3.63) is 153 Å². The lowest BCUT2D eigenvalue weighted by atomic mass is 9.47. The summed E-state index contributed by atoms with van der Waals surface area (Å²) in [5.74, 6) is -3.03. The molecule has 1 fully saturated rings. The number of rotatable bonds is 6. The molecule has 0 unspecified atom stereocenters. The van der Waals surface area contributed by atoms with Gasteiger partial charge in [-0.1, -0.05) is 91.0 Å². The number of nitrogens with zero attached hydrogens (tertiary/aromatic N) is 3. The molecule has 5 aromatic rings. The van der Waals surface area contributed by atoms with E-state index in [9.17, 15) is 24.5 Å². The van der Waals surface area contributed by atoms with Crippen molar-refractivity contribution >= 4 is 46.1 Å². The number of amides is 3. The van der Waals surface area contributed by atoms with Crippen molar-refractivity contribution in [2.24, 2.45) is 16.9 Å². The van der Waals surface area contributed by atoms with E-state index in [1.807, 2.05) is 91.0 Å². The normalized spacial score (nSPS) is 22.5. The smallest absolute Gasteiger partial charge is 0.269 e. The first-order chi connectivity index (χ1) is 22.4. The number of non-ortho nitro benzene ring substituents is 1. The van der Waals surface area contributed by atoms with Crippen LogP contribution in [0.4, 0.5) is 11.4 Å². The topological polar surface area (TPSA) is 122 Å². The van der Waals surface area contributed by atoms with Crippen LogP contribution < -0.4 is 10.3 Å². The third-order valence-corrected chi connectivity index (χ3v) is 9.69. The maximum absolute atomic E-state index is 14.5. The molecule has 2 bridgehead atoms. The van der Waals surface area contributed by atoms with Gasteiger partial charge < -0.3 is 0 Å². The summed E-state index contributed by atoms with van der Waals surface area (Å²) in [6, 6.07) is 34.7. The molecule has 3 aliphatic carbocycles. The van der Waals surface area contributed by atoms with E-state index >= 15 is 0 Å². The molecule has 1 heterocycles. The summed E-state index contributed by atoms with van der Waals surface area (Å²) < 4.78 is 0. The zero-order valence-corrected chi connectivity index (χ0v) is 24.4. The molecule has 9 nitrogen and oxygen atoms in total. The van der Waals surface area contributed by atoms with Crippen LogP contribution in [0.15, 0.2) is 120 Å². The summed E-state index contributed by atoms with van der Waals surface area (Å²) >= 11 is 0.